The van der Waals surface area contributed by atoms with E-state index in [1.807, 2.05) is 24.3 Å². The fraction of sp³-hybridized carbons (Fsp3) is 0.560. The SMILES string of the molecule is Cc1ccc2n(c1=O)C(COC1CCC(c3ccccc3F)CC1)C(NS(=O)(=O)N(C)C)CC2. The van der Waals surface area contributed by atoms with Crippen molar-refractivity contribution in [2.45, 2.75) is 69.6 Å². The Labute approximate surface area is 201 Å². The predicted octanol–water partition coefficient (Wildman–Crippen LogP) is 3.29. The van der Waals surface area contributed by atoms with Crippen molar-refractivity contribution >= 4 is 10.2 Å². The van der Waals surface area contributed by atoms with Crippen LogP contribution in [0.25, 0.3) is 0 Å². The van der Waals surface area contributed by atoms with Crippen LogP contribution in [0.15, 0.2) is 41.2 Å². The van der Waals surface area contributed by atoms with Crippen LogP contribution >= 0.6 is 0 Å². The molecule has 1 aliphatic heterocycles. The minimum atomic E-state index is -3.66. The number of halogens is 1. The van der Waals surface area contributed by atoms with Crippen molar-refractivity contribution in [3.05, 3.63) is 69.4 Å². The van der Waals surface area contributed by atoms with Crippen LogP contribution in [-0.4, -0.2) is 50.1 Å². The molecule has 2 unspecified atom stereocenters. The highest BCUT2D eigenvalue weighted by Crippen LogP contribution is 2.36. The number of aromatic nitrogens is 1. The number of hydrogen-bond acceptors (Lipinski definition) is 4. The maximum absolute atomic E-state index is 14.2. The third-order valence-electron chi connectivity index (χ3n) is 7.20. The number of pyridine rings is 1. The fourth-order valence-corrected chi connectivity index (χ4v) is 6.01. The summed E-state index contributed by atoms with van der Waals surface area (Å²) in [5.41, 5.74) is 2.17. The molecule has 0 saturated heterocycles. The van der Waals surface area contributed by atoms with E-state index in [1.54, 1.807) is 17.6 Å². The smallest absolute Gasteiger partial charge is 0.279 e. The van der Waals surface area contributed by atoms with E-state index < -0.39 is 22.3 Å². The first kappa shape index (κ1) is 25.0. The molecule has 34 heavy (non-hydrogen) atoms. The zero-order valence-electron chi connectivity index (χ0n) is 20.0. The van der Waals surface area contributed by atoms with E-state index in [-0.39, 0.29) is 30.0 Å². The van der Waals surface area contributed by atoms with E-state index in [1.165, 1.54) is 20.2 Å². The minimum absolute atomic E-state index is 0.0000159. The van der Waals surface area contributed by atoms with E-state index >= 15 is 0 Å². The van der Waals surface area contributed by atoms with Gasteiger partial charge in [-0.2, -0.15) is 17.4 Å². The van der Waals surface area contributed by atoms with Gasteiger partial charge in [0.05, 0.1) is 18.8 Å². The van der Waals surface area contributed by atoms with E-state index in [4.69, 9.17) is 4.74 Å². The minimum Gasteiger partial charge on any atom is -0.376 e. The first-order valence-electron chi connectivity index (χ1n) is 11.9. The van der Waals surface area contributed by atoms with Gasteiger partial charge in [-0.3, -0.25) is 4.79 Å². The first-order chi connectivity index (χ1) is 16.2. The molecule has 9 heteroatoms. The average Bonchev–Trinajstić information content (AvgIpc) is 2.81. The van der Waals surface area contributed by atoms with Gasteiger partial charge >= 0.3 is 0 Å². The van der Waals surface area contributed by atoms with Crippen LogP contribution < -0.4 is 10.3 Å². The molecule has 2 heterocycles. The Kier molecular flexibility index (Phi) is 7.57. The Morgan fingerprint density at radius 1 is 1.09 bits per heavy atom. The standard InChI is InChI=1S/C25H34FN3O4S/c1-17-8-11-19-12-15-23(27-34(31,32)28(2)3)24(29(19)25(17)30)16-33-20-13-9-18(10-14-20)21-6-4-5-7-22(21)26/h4-8,11,18,20,23-24,27H,9-10,12-16H2,1-3H3. The maximum atomic E-state index is 14.2. The van der Waals surface area contributed by atoms with Gasteiger partial charge in [-0.05, 0) is 69.1 Å². The Hall–Kier alpha value is -2.07. The van der Waals surface area contributed by atoms with Crippen LogP contribution in [-0.2, 0) is 21.4 Å². The lowest BCUT2D eigenvalue weighted by Crippen LogP contribution is -2.52. The highest BCUT2D eigenvalue weighted by molar-refractivity contribution is 7.87. The van der Waals surface area contributed by atoms with Crippen LogP contribution in [0.2, 0.25) is 0 Å². The lowest BCUT2D eigenvalue weighted by molar-refractivity contribution is -0.00192. The van der Waals surface area contributed by atoms with Crippen molar-refractivity contribution < 1.29 is 17.5 Å². The van der Waals surface area contributed by atoms with Crippen LogP contribution in [0.3, 0.4) is 0 Å². The monoisotopic (exact) mass is 491 g/mol. The van der Waals surface area contributed by atoms with Crippen molar-refractivity contribution in [3.8, 4) is 0 Å². The van der Waals surface area contributed by atoms with Crippen LogP contribution in [0.4, 0.5) is 4.39 Å². The summed E-state index contributed by atoms with van der Waals surface area (Å²) in [7, 11) is -0.702. The van der Waals surface area contributed by atoms with Gasteiger partial charge in [0.2, 0.25) is 0 Å². The zero-order chi connectivity index (χ0) is 24.5. The summed E-state index contributed by atoms with van der Waals surface area (Å²) >= 11 is 0. The molecule has 1 N–H and O–H groups in total. The molecule has 0 amide bonds. The molecule has 186 valence electrons. The number of fused-ring (bicyclic) bond motifs is 1. The lowest BCUT2D eigenvalue weighted by atomic mass is 9.82. The van der Waals surface area contributed by atoms with Gasteiger partial charge in [0.1, 0.15) is 5.82 Å². The first-order valence-corrected chi connectivity index (χ1v) is 13.4. The molecule has 0 radical (unpaired) electrons. The summed E-state index contributed by atoms with van der Waals surface area (Å²) in [6, 6.07) is 9.82. The van der Waals surface area contributed by atoms with Crippen molar-refractivity contribution in [2.24, 2.45) is 0 Å². The van der Waals surface area contributed by atoms with Gasteiger partial charge in [0, 0.05) is 31.4 Å². The zero-order valence-corrected chi connectivity index (χ0v) is 20.9. The number of nitrogens with zero attached hydrogens (tertiary/aromatic N) is 2. The lowest BCUT2D eigenvalue weighted by Gasteiger charge is -2.37. The number of ether oxygens (including phenoxy) is 1. The molecule has 2 aliphatic rings. The van der Waals surface area contributed by atoms with Crippen molar-refractivity contribution in [1.29, 1.82) is 0 Å². The normalized spacial score (nSPS) is 25.3. The second-order valence-electron chi connectivity index (χ2n) is 9.63. The van der Waals surface area contributed by atoms with Crippen molar-refractivity contribution in [1.82, 2.24) is 13.6 Å². The largest absolute Gasteiger partial charge is 0.376 e. The Morgan fingerprint density at radius 2 is 1.79 bits per heavy atom. The van der Waals surface area contributed by atoms with Crippen LogP contribution in [0.5, 0.6) is 0 Å². The molecule has 1 fully saturated rings. The van der Waals surface area contributed by atoms with Crippen LogP contribution in [0, 0.1) is 12.7 Å². The molecular formula is C25H34FN3O4S. The topological polar surface area (TPSA) is 80.6 Å². The summed E-state index contributed by atoms with van der Waals surface area (Å²) in [5.74, 6) is 0.0258. The second-order valence-corrected chi connectivity index (χ2v) is 11.5. The highest BCUT2D eigenvalue weighted by atomic mass is 32.2. The molecule has 2 atom stereocenters. The van der Waals surface area contributed by atoms with E-state index in [9.17, 15) is 17.6 Å². The van der Waals surface area contributed by atoms with Crippen molar-refractivity contribution in [3.63, 3.8) is 0 Å². The van der Waals surface area contributed by atoms with Crippen LogP contribution in [0.1, 0.15) is 60.9 Å². The molecule has 1 aromatic heterocycles. The summed E-state index contributed by atoms with van der Waals surface area (Å²) in [6.07, 6.45) is 4.47. The Morgan fingerprint density at radius 3 is 2.47 bits per heavy atom. The van der Waals surface area contributed by atoms with Gasteiger partial charge in [-0.1, -0.05) is 24.3 Å². The van der Waals surface area contributed by atoms with E-state index in [2.05, 4.69) is 4.72 Å². The molecule has 7 nitrogen and oxygen atoms in total. The number of rotatable bonds is 7. The van der Waals surface area contributed by atoms with Gasteiger partial charge in [0.15, 0.2) is 0 Å². The molecule has 1 aliphatic carbocycles. The summed E-state index contributed by atoms with van der Waals surface area (Å²) < 4.78 is 51.2. The molecular weight excluding hydrogens is 457 g/mol. The molecule has 0 spiro atoms. The highest BCUT2D eigenvalue weighted by Gasteiger charge is 2.35. The molecule has 0 bridgehead atoms. The third kappa shape index (κ3) is 5.27. The maximum Gasteiger partial charge on any atom is 0.279 e. The van der Waals surface area contributed by atoms with E-state index in [0.29, 0.717) is 18.4 Å². The molecule has 2 aromatic rings. The quantitative estimate of drug-likeness (QED) is 0.645. The van der Waals surface area contributed by atoms with Gasteiger partial charge in [0.25, 0.3) is 15.8 Å². The van der Waals surface area contributed by atoms with Crippen molar-refractivity contribution in [2.75, 3.05) is 20.7 Å². The molecule has 1 saturated carbocycles. The second kappa shape index (κ2) is 10.3. The molecule has 4 rings (SSSR count). The average molecular weight is 492 g/mol. The Balaban J connectivity index is 1.49. The van der Waals surface area contributed by atoms with Gasteiger partial charge < -0.3 is 9.30 Å². The number of aryl methyl sites for hydroxylation is 2. The third-order valence-corrected chi connectivity index (χ3v) is 8.76. The van der Waals surface area contributed by atoms with Gasteiger partial charge in [-0.25, -0.2) is 4.39 Å². The predicted molar refractivity (Wildman–Crippen MR) is 130 cm³/mol. The van der Waals surface area contributed by atoms with E-state index in [0.717, 1.165) is 41.2 Å². The Bertz CT molecular complexity index is 1170. The number of nitrogens with one attached hydrogen (secondary N) is 1. The number of hydrogen-bond donors (Lipinski definition) is 1. The summed E-state index contributed by atoms with van der Waals surface area (Å²) in [5, 5.41) is 0. The number of benzene rings is 1. The fourth-order valence-electron chi connectivity index (χ4n) is 5.14. The summed E-state index contributed by atoms with van der Waals surface area (Å²) in [4.78, 5) is 13.0. The van der Waals surface area contributed by atoms with Gasteiger partial charge in [-0.15, -0.1) is 0 Å². The summed E-state index contributed by atoms with van der Waals surface area (Å²) in [6.45, 7) is 2.01. The molecule has 1 aromatic carbocycles.